The van der Waals surface area contributed by atoms with Crippen molar-refractivity contribution in [2.24, 2.45) is 0 Å². The first-order valence-electron chi connectivity index (χ1n) is 3.14. The van der Waals surface area contributed by atoms with E-state index in [1.165, 1.54) is 5.49 Å². The predicted octanol–water partition coefficient (Wildman–Crippen LogP) is 0.486. The largest absolute Gasteiger partial charge is 0.466 e. The van der Waals surface area contributed by atoms with Gasteiger partial charge in [0.15, 0.2) is 0 Å². The highest BCUT2D eigenvalue weighted by Gasteiger charge is 1.97. The Kier molecular flexibility index (Phi) is 6.06. The molecule has 0 heterocycles. The molecule has 0 aromatic carbocycles. The van der Waals surface area contributed by atoms with Crippen molar-refractivity contribution in [3.8, 4) is 0 Å². The smallest absolute Gasteiger partial charge is 0.307 e. The van der Waals surface area contributed by atoms with Crippen molar-refractivity contribution in [1.82, 2.24) is 5.32 Å². The molecule has 0 aromatic rings. The highest BCUT2D eigenvalue weighted by atomic mass is 32.1. The molecule has 0 aromatic heterocycles. The van der Waals surface area contributed by atoms with Crippen molar-refractivity contribution in [3.05, 3.63) is 0 Å². The number of thiocarbonyl (C=S) groups is 1. The Labute approximate surface area is 65.7 Å². The van der Waals surface area contributed by atoms with E-state index in [9.17, 15) is 4.79 Å². The van der Waals surface area contributed by atoms with Gasteiger partial charge in [-0.2, -0.15) is 0 Å². The van der Waals surface area contributed by atoms with Crippen molar-refractivity contribution in [1.29, 1.82) is 0 Å². The lowest BCUT2D eigenvalue weighted by Gasteiger charge is -1.99. The van der Waals surface area contributed by atoms with E-state index < -0.39 is 0 Å². The van der Waals surface area contributed by atoms with Crippen LogP contribution < -0.4 is 5.32 Å². The Bertz CT molecular complexity index is 116. The predicted molar refractivity (Wildman–Crippen MR) is 42.9 cm³/mol. The van der Waals surface area contributed by atoms with Gasteiger partial charge in [-0.3, -0.25) is 4.79 Å². The topological polar surface area (TPSA) is 38.3 Å². The minimum absolute atomic E-state index is 0.188. The van der Waals surface area contributed by atoms with Crippen LogP contribution in [0.15, 0.2) is 0 Å². The summed E-state index contributed by atoms with van der Waals surface area (Å²) in [6.45, 7) is 2.78. The lowest BCUT2D eigenvalue weighted by atomic mass is 10.4. The zero-order valence-electron chi connectivity index (χ0n) is 5.92. The van der Waals surface area contributed by atoms with E-state index in [2.05, 4.69) is 22.3 Å². The summed E-state index contributed by atoms with van der Waals surface area (Å²) in [6, 6.07) is 0. The fourth-order valence-electron chi connectivity index (χ4n) is 0.466. The molecule has 0 unspecified atom stereocenters. The van der Waals surface area contributed by atoms with Crippen LogP contribution in [0.3, 0.4) is 0 Å². The van der Waals surface area contributed by atoms with Gasteiger partial charge in [0.2, 0.25) is 0 Å². The van der Waals surface area contributed by atoms with Crippen LogP contribution in [0.4, 0.5) is 0 Å². The number of nitrogens with one attached hydrogen (secondary N) is 1. The van der Waals surface area contributed by atoms with Gasteiger partial charge in [-0.25, -0.2) is 0 Å². The Morgan fingerprint density at radius 1 is 1.80 bits per heavy atom. The molecule has 0 amide bonds. The maximum absolute atomic E-state index is 10.6. The number of hydrogen-bond acceptors (Lipinski definition) is 3. The van der Waals surface area contributed by atoms with Crippen LogP contribution in [0.2, 0.25) is 0 Å². The average Bonchev–Trinajstić information content (AvgIpc) is 1.89. The van der Waals surface area contributed by atoms with Gasteiger partial charge in [-0.05, 0) is 6.92 Å². The van der Waals surface area contributed by atoms with E-state index in [1.807, 2.05) is 0 Å². The van der Waals surface area contributed by atoms with Gasteiger partial charge in [-0.15, -0.1) is 0 Å². The van der Waals surface area contributed by atoms with Crippen LogP contribution in [-0.4, -0.2) is 24.6 Å². The molecule has 0 fully saturated rings. The molecule has 0 rings (SSSR count). The van der Waals surface area contributed by atoms with Gasteiger partial charge in [0.25, 0.3) is 0 Å². The Morgan fingerprint density at radius 3 is 3.00 bits per heavy atom. The van der Waals surface area contributed by atoms with Crippen LogP contribution in [0.1, 0.15) is 13.3 Å². The maximum atomic E-state index is 10.6. The van der Waals surface area contributed by atoms with E-state index in [-0.39, 0.29) is 5.97 Å². The van der Waals surface area contributed by atoms with Crippen molar-refractivity contribution >= 4 is 23.7 Å². The minimum atomic E-state index is -0.188. The van der Waals surface area contributed by atoms with Gasteiger partial charge in [0.1, 0.15) is 0 Å². The van der Waals surface area contributed by atoms with Crippen molar-refractivity contribution in [2.45, 2.75) is 13.3 Å². The second-order valence-electron chi connectivity index (χ2n) is 1.63. The first-order valence-corrected chi connectivity index (χ1v) is 3.61. The zero-order chi connectivity index (χ0) is 7.82. The summed E-state index contributed by atoms with van der Waals surface area (Å²) < 4.78 is 4.66. The van der Waals surface area contributed by atoms with Crippen LogP contribution in [-0.2, 0) is 9.53 Å². The molecule has 0 atom stereocenters. The molecule has 0 saturated carbocycles. The monoisotopic (exact) mass is 161 g/mol. The molecular formula is C6H11NO2S. The molecule has 10 heavy (non-hydrogen) atoms. The quantitative estimate of drug-likeness (QED) is 0.362. The van der Waals surface area contributed by atoms with Crippen molar-refractivity contribution in [2.75, 3.05) is 13.2 Å². The Balaban J connectivity index is 3.13. The van der Waals surface area contributed by atoms with E-state index in [1.54, 1.807) is 6.92 Å². The first kappa shape index (κ1) is 9.36. The molecule has 0 aliphatic heterocycles. The molecule has 0 radical (unpaired) electrons. The highest BCUT2D eigenvalue weighted by molar-refractivity contribution is 7.78. The zero-order valence-corrected chi connectivity index (χ0v) is 6.74. The number of rotatable bonds is 5. The fourth-order valence-corrected chi connectivity index (χ4v) is 0.584. The number of carbonyl (C=O) groups is 1. The number of hydrogen-bond donors (Lipinski definition) is 1. The number of ether oxygens (including phenoxy) is 1. The Hall–Kier alpha value is -0.640. The van der Waals surface area contributed by atoms with Gasteiger partial charge in [0, 0.05) is 6.54 Å². The lowest BCUT2D eigenvalue weighted by Crippen LogP contribution is -2.16. The maximum Gasteiger partial charge on any atom is 0.307 e. The van der Waals surface area contributed by atoms with Crippen molar-refractivity contribution < 1.29 is 9.53 Å². The van der Waals surface area contributed by atoms with E-state index in [4.69, 9.17) is 0 Å². The second-order valence-corrected chi connectivity index (χ2v) is 1.86. The van der Waals surface area contributed by atoms with Crippen LogP contribution in [0, 0.1) is 0 Å². The van der Waals surface area contributed by atoms with Crippen molar-refractivity contribution in [3.63, 3.8) is 0 Å². The van der Waals surface area contributed by atoms with Gasteiger partial charge in [-0.1, -0.05) is 12.2 Å². The first-order chi connectivity index (χ1) is 4.81. The van der Waals surface area contributed by atoms with Gasteiger partial charge >= 0.3 is 5.97 Å². The highest BCUT2D eigenvalue weighted by Crippen LogP contribution is 1.82. The van der Waals surface area contributed by atoms with Crippen LogP contribution in [0.5, 0.6) is 0 Å². The molecule has 0 aliphatic rings. The molecule has 3 nitrogen and oxygen atoms in total. The summed E-state index contributed by atoms with van der Waals surface area (Å²) in [5.41, 5.74) is 1.39. The number of esters is 1. The third-order valence-electron chi connectivity index (χ3n) is 0.862. The molecule has 0 aliphatic carbocycles. The molecule has 0 spiro atoms. The van der Waals surface area contributed by atoms with Crippen LogP contribution in [0.25, 0.3) is 0 Å². The minimum Gasteiger partial charge on any atom is -0.466 e. The summed E-state index contributed by atoms with van der Waals surface area (Å²) in [7, 11) is 0. The van der Waals surface area contributed by atoms with E-state index >= 15 is 0 Å². The summed E-state index contributed by atoms with van der Waals surface area (Å²) in [4.78, 5) is 10.6. The third kappa shape index (κ3) is 5.50. The number of carbonyl (C=O) groups excluding carboxylic acids is 1. The second kappa shape index (κ2) is 6.48. The molecule has 58 valence electrons. The normalized spacial score (nSPS) is 8.50. The summed E-state index contributed by atoms with van der Waals surface area (Å²) in [5, 5.41) is 2.73. The summed E-state index contributed by atoms with van der Waals surface area (Å²) in [6.07, 6.45) is 0.376. The van der Waals surface area contributed by atoms with E-state index in [0.29, 0.717) is 19.6 Å². The van der Waals surface area contributed by atoms with E-state index in [0.717, 1.165) is 0 Å². The molecule has 0 bridgehead atoms. The summed E-state index contributed by atoms with van der Waals surface area (Å²) in [5.74, 6) is -0.188. The average molecular weight is 161 g/mol. The van der Waals surface area contributed by atoms with Crippen LogP contribution >= 0.6 is 12.2 Å². The SMILES string of the molecule is CCOC(=O)CCNC=S. The Morgan fingerprint density at radius 2 is 2.50 bits per heavy atom. The molecule has 1 N–H and O–H groups in total. The lowest BCUT2D eigenvalue weighted by molar-refractivity contribution is -0.142. The third-order valence-corrected chi connectivity index (χ3v) is 1.03. The van der Waals surface area contributed by atoms with Gasteiger partial charge in [0.05, 0.1) is 18.5 Å². The molecule has 0 saturated heterocycles. The van der Waals surface area contributed by atoms with Gasteiger partial charge < -0.3 is 10.1 Å². The summed E-state index contributed by atoms with van der Waals surface area (Å²) >= 11 is 4.48. The standard InChI is InChI=1S/C6H11NO2S/c1-2-9-6(8)3-4-7-5-10/h5H,2-4H2,1H3,(H,7,10). The molecule has 4 heteroatoms. The fraction of sp³-hybridized carbons (Fsp3) is 0.667. The molecular weight excluding hydrogens is 150 g/mol.